The summed E-state index contributed by atoms with van der Waals surface area (Å²) in [5, 5.41) is 5.25. The SMILES string of the molecule is CCNC(C(=O)N1CCc2c([nH]c3ccc(Cl)cc23)C1)c1ccccc1. The van der Waals surface area contributed by atoms with Crippen LogP contribution in [-0.4, -0.2) is 28.9 Å². The molecule has 4 rings (SSSR count). The number of aromatic nitrogens is 1. The molecule has 1 unspecified atom stereocenters. The molecule has 1 amide bonds. The molecule has 1 atom stereocenters. The molecular formula is C21H22ClN3O. The van der Waals surface area contributed by atoms with Crippen molar-refractivity contribution in [3.05, 3.63) is 70.4 Å². The minimum absolute atomic E-state index is 0.125. The molecule has 0 aliphatic carbocycles. The fraction of sp³-hybridized carbons (Fsp3) is 0.286. The third-order valence-electron chi connectivity index (χ3n) is 5.04. The fourth-order valence-corrected chi connectivity index (χ4v) is 3.95. The predicted molar refractivity (Wildman–Crippen MR) is 105 cm³/mol. The van der Waals surface area contributed by atoms with Crippen molar-refractivity contribution < 1.29 is 4.79 Å². The Morgan fingerprint density at radius 2 is 2.08 bits per heavy atom. The zero-order valence-corrected chi connectivity index (χ0v) is 15.5. The highest BCUT2D eigenvalue weighted by Gasteiger charge is 2.29. The highest BCUT2D eigenvalue weighted by molar-refractivity contribution is 6.31. The van der Waals surface area contributed by atoms with Crippen molar-refractivity contribution in [2.24, 2.45) is 0 Å². The number of amides is 1. The van der Waals surface area contributed by atoms with Crippen molar-refractivity contribution in [2.75, 3.05) is 13.1 Å². The molecule has 1 aliphatic rings. The smallest absolute Gasteiger partial charge is 0.244 e. The average molecular weight is 368 g/mol. The van der Waals surface area contributed by atoms with Crippen LogP contribution < -0.4 is 5.32 Å². The quantitative estimate of drug-likeness (QED) is 0.730. The second-order valence-electron chi connectivity index (χ2n) is 6.68. The van der Waals surface area contributed by atoms with Gasteiger partial charge >= 0.3 is 0 Å². The first-order chi connectivity index (χ1) is 12.7. The van der Waals surface area contributed by atoms with Crippen LogP contribution in [-0.2, 0) is 17.8 Å². The lowest BCUT2D eigenvalue weighted by Crippen LogP contribution is -2.43. The number of nitrogens with one attached hydrogen (secondary N) is 2. The number of halogens is 1. The van der Waals surface area contributed by atoms with Crippen molar-refractivity contribution in [1.29, 1.82) is 0 Å². The molecule has 0 spiro atoms. The van der Waals surface area contributed by atoms with Crippen molar-refractivity contribution in [1.82, 2.24) is 15.2 Å². The maximum Gasteiger partial charge on any atom is 0.244 e. The first-order valence-corrected chi connectivity index (χ1v) is 9.41. The van der Waals surface area contributed by atoms with Crippen LogP contribution in [0.15, 0.2) is 48.5 Å². The Hall–Kier alpha value is -2.30. The van der Waals surface area contributed by atoms with Gasteiger partial charge in [0.2, 0.25) is 5.91 Å². The van der Waals surface area contributed by atoms with E-state index in [9.17, 15) is 4.79 Å². The van der Waals surface area contributed by atoms with Crippen LogP contribution in [0.5, 0.6) is 0 Å². The Bertz CT molecular complexity index is 935. The van der Waals surface area contributed by atoms with Crippen molar-refractivity contribution >= 4 is 28.4 Å². The summed E-state index contributed by atoms with van der Waals surface area (Å²) in [6.07, 6.45) is 0.842. The zero-order valence-electron chi connectivity index (χ0n) is 14.8. The Kier molecular flexibility index (Phi) is 4.70. The van der Waals surface area contributed by atoms with Gasteiger partial charge in [-0.1, -0.05) is 48.9 Å². The molecule has 4 nitrogen and oxygen atoms in total. The van der Waals surface area contributed by atoms with E-state index in [1.807, 2.05) is 60.4 Å². The van der Waals surface area contributed by atoms with Gasteiger partial charge < -0.3 is 15.2 Å². The van der Waals surface area contributed by atoms with Crippen LogP contribution >= 0.6 is 11.6 Å². The Balaban J connectivity index is 1.61. The van der Waals surface area contributed by atoms with E-state index in [0.717, 1.165) is 41.3 Å². The molecule has 5 heteroatoms. The van der Waals surface area contributed by atoms with Gasteiger partial charge in [0, 0.05) is 28.2 Å². The second kappa shape index (κ2) is 7.14. The van der Waals surface area contributed by atoms with Crippen molar-refractivity contribution in [3.8, 4) is 0 Å². The molecule has 0 fully saturated rings. The van der Waals surface area contributed by atoms with E-state index >= 15 is 0 Å². The maximum atomic E-state index is 13.2. The maximum absolute atomic E-state index is 13.2. The molecule has 0 radical (unpaired) electrons. The van der Waals surface area contributed by atoms with E-state index in [2.05, 4.69) is 10.3 Å². The lowest BCUT2D eigenvalue weighted by molar-refractivity contribution is -0.134. The van der Waals surface area contributed by atoms with E-state index in [0.29, 0.717) is 6.54 Å². The number of fused-ring (bicyclic) bond motifs is 3. The number of hydrogen-bond acceptors (Lipinski definition) is 2. The predicted octanol–water partition coefficient (Wildman–Crippen LogP) is 4.06. The molecule has 2 N–H and O–H groups in total. The Labute approximate surface area is 158 Å². The van der Waals surface area contributed by atoms with E-state index in [1.165, 1.54) is 10.9 Å². The summed E-state index contributed by atoms with van der Waals surface area (Å²) < 4.78 is 0. The van der Waals surface area contributed by atoms with Gasteiger partial charge in [-0.3, -0.25) is 4.79 Å². The number of rotatable bonds is 4. The average Bonchev–Trinajstić information content (AvgIpc) is 3.03. The number of H-pyrrole nitrogens is 1. The first-order valence-electron chi connectivity index (χ1n) is 9.03. The molecule has 2 heterocycles. The summed E-state index contributed by atoms with van der Waals surface area (Å²) in [4.78, 5) is 18.6. The van der Waals surface area contributed by atoms with Gasteiger partial charge in [0.05, 0.1) is 6.54 Å². The molecule has 134 valence electrons. The monoisotopic (exact) mass is 367 g/mol. The molecule has 0 saturated carbocycles. The van der Waals surface area contributed by atoms with Crippen LogP contribution in [0.25, 0.3) is 10.9 Å². The number of likely N-dealkylation sites (N-methyl/N-ethyl adjacent to an activating group) is 1. The lowest BCUT2D eigenvalue weighted by atomic mass is 10.0. The summed E-state index contributed by atoms with van der Waals surface area (Å²) in [7, 11) is 0. The van der Waals surface area contributed by atoms with Gasteiger partial charge in [-0.2, -0.15) is 0 Å². The van der Waals surface area contributed by atoms with E-state index in [1.54, 1.807) is 0 Å². The van der Waals surface area contributed by atoms with E-state index in [-0.39, 0.29) is 11.9 Å². The van der Waals surface area contributed by atoms with Crippen LogP contribution in [0.1, 0.15) is 29.8 Å². The zero-order chi connectivity index (χ0) is 18.1. The number of aromatic amines is 1. The van der Waals surface area contributed by atoms with Gasteiger partial charge in [0.1, 0.15) is 6.04 Å². The summed E-state index contributed by atoms with van der Waals surface area (Å²) in [5.74, 6) is 0.125. The normalized spacial score (nSPS) is 15.1. The summed E-state index contributed by atoms with van der Waals surface area (Å²) >= 11 is 6.15. The van der Waals surface area contributed by atoms with Crippen molar-refractivity contribution in [2.45, 2.75) is 25.9 Å². The molecule has 26 heavy (non-hydrogen) atoms. The molecule has 0 bridgehead atoms. The first kappa shape index (κ1) is 17.1. The van der Waals surface area contributed by atoms with E-state index in [4.69, 9.17) is 11.6 Å². The summed E-state index contributed by atoms with van der Waals surface area (Å²) in [5.41, 5.74) is 4.49. The highest BCUT2D eigenvalue weighted by Crippen LogP contribution is 2.30. The molecule has 1 aliphatic heterocycles. The minimum Gasteiger partial charge on any atom is -0.357 e. The fourth-order valence-electron chi connectivity index (χ4n) is 3.78. The van der Waals surface area contributed by atoms with Gasteiger partial charge in [0.15, 0.2) is 0 Å². The molecule has 1 aromatic heterocycles. The molecular weight excluding hydrogens is 346 g/mol. The van der Waals surface area contributed by atoms with Crippen LogP contribution in [0.4, 0.5) is 0 Å². The second-order valence-corrected chi connectivity index (χ2v) is 7.12. The van der Waals surface area contributed by atoms with Gasteiger partial charge in [0.25, 0.3) is 0 Å². The van der Waals surface area contributed by atoms with Gasteiger partial charge in [-0.05, 0) is 42.3 Å². The lowest BCUT2D eigenvalue weighted by Gasteiger charge is -2.31. The van der Waals surface area contributed by atoms with Gasteiger partial charge in [-0.25, -0.2) is 0 Å². The number of benzene rings is 2. The minimum atomic E-state index is -0.304. The number of hydrogen-bond donors (Lipinski definition) is 2. The Morgan fingerprint density at radius 3 is 2.85 bits per heavy atom. The molecule has 3 aromatic rings. The van der Waals surface area contributed by atoms with Crippen LogP contribution in [0, 0.1) is 0 Å². The summed E-state index contributed by atoms with van der Waals surface area (Å²) in [6, 6.07) is 15.5. The highest BCUT2D eigenvalue weighted by atomic mass is 35.5. The van der Waals surface area contributed by atoms with Crippen LogP contribution in [0.3, 0.4) is 0 Å². The largest absolute Gasteiger partial charge is 0.357 e. The third-order valence-corrected chi connectivity index (χ3v) is 5.27. The number of carbonyl (C=O) groups excluding carboxylic acids is 1. The topological polar surface area (TPSA) is 48.1 Å². The molecule has 2 aromatic carbocycles. The number of nitrogens with zero attached hydrogens (tertiary/aromatic N) is 1. The Morgan fingerprint density at radius 1 is 1.27 bits per heavy atom. The van der Waals surface area contributed by atoms with E-state index < -0.39 is 0 Å². The van der Waals surface area contributed by atoms with Crippen molar-refractivity contribution in [3.63, 3.8) is 0 Å². The number of carbonyl (C=O) groups is 1. The van der Waals surface area contributed by atoms with Crippen LogP contribution in [0.2, 0.25) is 5.02 Å². The summed E-state index contributed by atoms with van der Waals surface area (Å²) in [6.45, 7) is 4.10. The third kappa shape index (κ3) is 3.11. The molecule has 0 saturated heterocycles. The standard InChI is InChI=1S/C21H22ClN3O/c1-2-23-20(14-6-4-3-5-7-14)21(26)25-11-10-16-17-12-15(22)8-9-18(17)24-19(16)13-25/h3-9,12,20,23-24H,2,10-11,13H2,1H3. The van der Waals surface area contributed by atoms with Gasteiger partial charge in [-0.15, -0.1) is 0 Å².